The van der Waals surface area contributed by atoms with Gasteiger partial charge in [0.15, 0.2) is 0 Å². The Kier molecular flexibility index (Phi) is 12.0. The molecule has 1 fully saturated rings. The van der Waals surface area contributed by atoms with Crippen LogP contribution in [0.3, 0.4) is 0 Å². The summed E-state index contributed by atoms with van der Waals surface area (Å²) in [6, 6.07) is 34.9. The number of allylic oxidation sites excluding steroid dienone is 3. The van der Waals surface area contributed by atoms with Crippen molar-refractivity contribution < 1.29 is 19.1 Å². The highest BCUT2D eigenvalue weighted by Crippen LogP contribution is 2.50. The fourth-order valence-corrected chi connectivity index (χ4v) is 9.57. The number of carbonyl (C=O) groups excluding carboxylic acids is 2. The maximum absolute atomic E-state index is 12.1. The summed E-state index contributed by atoms with van der Waals surface area (Å²) in [7, 11) is 0. The third-order valence-electron chi connectivity index (χ3n) is 12.5. The summed E-state index contributed by atoms with van der Waals surface area (Å²) in [5.74, 6) is -0.482. The molecule has 0 saturated heterocycles. The van der Waals surface area contributed by atoms with E-state index in [0.717, 1.165) is 29.9 Å². The highest BCUT2D eigenvalue weighted by atomic mass is 16.5. The Labute approximate surface area is 351 Å². The molecule has 7 nitrogen and oxygen atoms in total. The predicted molar refractivity (Wildman–Crippen MR) is 242 cm³/mol. The molecule has 4 aromatic carbocycles. The van der Waals surface area contributed by atoms with Gasteiger partial charge in [-0.25, -0.2) is 4.79 Å². The molecule has 1 saturated carbocycles. The van der Waals surface area contributed by atoms with Crippen molar-refractivity contribution in [1.29, 1.82) is 0 Å². The fraction of sp³-hybridized carbons (Fsp3) is 0.346. The highest BCUT2D eigenvalue weighted by Gasteiger charge is 2.44. The molecule has 2 heterocycles. The van der Waals surface area contributed by atoms with Gasteiger partial charge in [0.05, 0.1) is 25.2 Å². The molecule has 7 rings (SSSR count). The van der Waals surface area contributed by atoms with Gasteiger partial charge in [-0.05, 0) is 85.9 Å². The van der Waals surface area contributed by atoms with Gasteiger partial charge >= 0.3 is 11.9 Å². The van der Waals surface area contributed by atoms with Crippen LogP contribution >= 0.6 is 0 Å². The monoisotopic (exact) mass is 789 g/mol. The Morgan fingerprint density at radius 2 is 1.39 bits per heavy atom. The van der Waals surface area contributed by atoms with Gasteiger partial charge in [0, 0.05) is 58.2 Å². The van der Waals surface area contributed by atoms with Crippen LogP contribution in [-0.4, -0.2) is 50.3 Å². The van der Waals surface area contributed by atoms with Gasteiger partial charge in [-0.1, -0.05) is 124 Å². The van der Waals surface area contributed by atoms with Gasteiger partial charge in [0.2, 0.25) is 0 Å². The molecule has 0 aromatic heterocycles. The van der Waals surface area contributed by atoms with Gasteiger partial charge in [-0.15, -0.1) is 0 Å². The van der Waals surface area contributed by atoms with Crippen LogP contribution in [0.15, 0.2) is 145 Å². The Morgan fingerprint density at radius 1 is 0.780 bits per heavy atom. The number of hydrogen-bond donors (Lipinski definition) is 0. The predicted octanol–water partition coefficient (Wildman–Crippen LogP) is 10.8. The molecule has 1 aliphatic carbocycles. The quantitative estimate of drug-likeness (QED) is 0.0759. The number of esters is 2. The van der Waals surface area contributed by atoms with Gasteiger partial charge < -0.3 is 24.2 Å². The number of ether oxygens (including phenoxy) is 2. The van der Waals surface area contributed by atoms with Crippen molar-refractivity contribution in [3.63, 3.8) is 0 Å². The van der Waals surface area contributed by atoms with E-state index in [1.807, 2.05) is 0 Å². The van der Waals surface area contributed by atoms with E-state index in [0.29, 0.717) is 19.7 Å². The highest BCUT2D eigenvalue weighted by molar-refractivity contribution is 5.81. The minimum atomic E-state index is -0.405. The molecule has 0 N–H and O–H groups in total. The second-order valence-corrected chi connectivity index (χ2v) is 17.3. The Morgan fingerprint density at radius 3 is 2.02 bits per heavy atom. The molecule has 2 aliphatic heterocycles. The number of rotatable bonds is 13. The van der Waals surface area contributed by atoms with Crippen molar-refractivity contribution in [3.05, 3.63) is 168 Å². The molecule has 3 aliphatic rings. The lowest BCUT2D eigenvalue weighted by molar-refractivity contribution is -0.140. The van der Waals surface area contributed by atoms with E-state index in [-0.39, 0.29) is 41.4 Å². The summed E-state index contributed by atoms with van der Waals surface area (Å²) in [5.41, 5.74) is 11.8. The lowest BCUT2D eigenvalue weighted by Gasteiger charge is -2.36. The van der Waals surface area contributed by atoms with Gasteiger partial charge in [-0.2, -0.15) is 0 Å². The number of anilines is 4. The molecule has 3 unspecified atom stereocenters. The third kappa shape index (κ3) is 8.38. The minimum absolute atomic E-state index is 0.0349. The Balaban J connectivity index is 1.31. The average molecular weight is 790 g/mol. The summed E-state index contributed by atoms with van der Waals surface area (Å²) in [6.07, 6.45) is 12.8. The van der Waals surface area contributed by atoms with E-state index in [4.69, 9.17) is 9.47 Å². The molecule has 4 aromatic rings. The molecular weight excluding hydrogens is 731 g/mol. The molecular formula is C52H59N3O4. The minimum Gasteiger partial charge on any atom is -0.464 e. The normalized spacial score (nSPS) is 21.5. The third-order valence-corrected chi connectivity index (χ3v) is 12.5. The molecule has 0 radical (unpaired) electrons. The van der Waals surface area contributed by atoms with Crippen molar-refractivity contribution in [3.8, 4) is 0 Å². The summed E-state index contributed by atoms with van der Waals surface area (Å²) < 4.78 is 11.0. The molecule has 59 heavy (non-hydrogen) atoms. The zero-order valence-electron chi connectivity index (χ0n) is 35.8. The van der Waals surface area contributed by atoms with Gasteiger partial charge in [0.25, 0.3) is 0 Å². The average Bonchev–Trinajstić information content (AvgIpc) is 3.77. The summed E-state index contributed by atoms with van der Waals surface area (Å²) >= 11 is 0. The standard InChI is InChI=1S/C52H59N3O4/c1-9-49(57)59-33-31-54-46-27-21-37(3)35-44(46)52(7,8)48(54)29-25-40-23-22-39(50(40)55(41-16-12-10-13-17-41)42-18-14-11-15-19-42)24-28-47-51(5,6)43-34-36(2)20-26-45(43)53(47)30-32-58-38(4)56/h9-21,24-29,34-35,40,48,50H,1,22-23,30-33H2,2-8H3/b29-25+,39-24+,47-28+. The van der Waals surface area contributed by atoms with Gasteiger partial charge in [-0.3, -0.25) is 4.79 Å². The lowest BCUT2D eigenvalue weighted by atomic mass is 9.79. The van der Waals surface area contributed by atoms with Crippen LogP contribution in [0.4, 0.5) is 22.7 Å². The van der Waals surface area contributed by atoms with Crippen molar-refractivity contribution in [2.75, 3.05) is 41.0 Å². The van der Waals surface area contributed by atoms with Crippen LogP contribution in [0, 0.1) is 19.8 Å². The van der Waals surface area contributed by atoms with Crippen LogP contribution in [0.1, 0.15) is 69.7 Å². The number of benzene rings is 4. The number of nitrogens with zero attached hydrogens (tertiary/aromatic N) is 3. The molecule has 7 heteroatoms. The zero-order valence-corrected chi connectivity index (χ0v) is 35.8. The topological polar surface area (TPSA) is 62.3 Å². The molecule has 3 atom stereocenters. The second-order valence-electron chi connectivity index (χ2n) is 17.3. The SMILES string of the molecule is C=CC(=O)OCCN1c2ccc(C)cc2C(C)(C)C1/C=C/C1CC/C(=C\C=C2\N(CCOC(C)=O)c3ccc(C)cc3C2(C)C)C1N(c1ccccc1)c1ccccc1. The first-order valence-corrected chi connectivity index (χ1v) is 21.0. The molecule has 0 amide bonds. The van der Waals surface area contributed by atoms with Gasteiger partial charge in [0.1, 0.15) is 13.2 Å². The number of para-hydroxylation sites is 2. The first kappa shape index (κ1) is 41.3. The summed E-state index contributed by atoms with van der Waals surface area (Å²) in [5, 5.41) is 0. The maximum atomic E-state index is 12.1. The van der Waals surface area contributed by atoms with E-state index in [2.05, 4.69) is 184 Å². The van der Waals surface area contributed by atoms with E-state index in [1.54, 1.807) is 0 Å². The Hall–Kier alpha value is -5.82. The van der Waals surface area contributed by atoms with Crippen LogP contribution < -0.4 is 14.7 Å². The Bertz CT molecular complexity index is 2230. The molecule has 0 bridgehead atoms. The molecule has 0 spiro atoms. The number of fused-ring (bicyclic) bond motifs is 2. The first-order valence-electron chi connectivity index (χ1n) is 21.0. The fourth-order valence-electron chi connectivity index (χ4n) is 9.57. The maximum Gasteiger partial charge on any atom is 0.330 e. The van der Waals surface area contributed by atoms with Crippen molar-refractivity contribution in [2.45, 2.75) is 84.2 Å². The molecule has 306 valence electrons. The first-order chi connectivity index (χ1) is 28.3. The van der Waals surface area contributed by atoms with E-state index in [1.165, 1.54) is 52.2 Å². The largest absolute Gasteiger partial charge is 0.464 e. The van der Waals surface area contributed by atoms with E-state index < -0.39 is 5.97 Å². The van der Waals surface area contributed by atoms with Crippen molar-refractivity contribution >= 4 is 34.7 Å². The van der Waals surface area contributed by atoms with Crippen LogP contribution in [0.2, 0.25) is 0 Å². The summed E-state index contributed by atoms with van der Waals surface area (Å²) in [6.45, 7) is 20.3. The second kappa shape index (κ2) is 17.2. The number of carbonyl (C=O) groups is 2. The zero-order chi connectivity index (χ0) is 41.9. The van der Waals surface area contributed by atoms with Crippen LogP contribution in [0.25, 0.3) is 0 Å². The smallest absolute Gasteiger partial charge is 0.330 e. The van der Waals surface area contributed by atoms with Crippen molar-refractivity contribution in [2.24, 2.45) is 5.92 Å². The van der Waals surface area contributed by atoms with E-state index >= 15 is 0 Å². The van der Waals surface area contributed by atoms with Crippen LogP contribution in [0.5, 0.6) is 0 Å². The lowest BCUT2D eigenvalue weighted by Crippen LogP contribution is -2.42. The number of aryl methyl sites for hydroxylation is 2. The van der Waals surface area contributed by atoms with Crippen LogP contribution in [-0.2, 0) is 29.9 Å². The summed E-state index contributed by atoms with van der Waals surface area (Å²) in [4.78, 5) is 31.2. The number of hydrogen-bond acceptors (Lipinski definition) is 7. The van der Waals surface area contributed by atoms with Crippen molar-refractivity contribution in [1.82, 2.24) is 0 Å². The van der Waals surface area contributed by atoms with E-state index in [9.17, 15) is 9.59 Å².